The van der Waals surface area contributed by atoms with Crippen LogP contribution >= 0.6 is 0 Å². The van der Waals surface area contributed by atoms with Gasteiger partial charge in [-0.3, -0.25) is 0 Å². The average molecular weight is 252 g/mol. The Kier molecular flexibility index (Phi) is 7.31. The zero-order valence-electron chi connectivity index (χ0n) is 12.0. The van der Waals surface area contributed by atoms with Gasteiger partial charge >= 0.3 is 0 Å². The normalized spacial score (nSPS) is 20.6. The first-order chi connectivity index (χ1) is 8.64. The molecule has 0 bridgehead atoms. The van der Waals surface area contributed by atoms with E-state index in [-0.39, 0.29) is 5.41 Å². The van der Waals surface area contributed by atoms with E-state index in [0.29, 0.717) is 6.10 Å². The maximum atomic E-state index is 8.90. The number of rotatable bonds is 8. The van der Waals surface area contributed by atoms with Gasteiger partial charge in [0.25, 0.3) is 0 Å². The predicted octanol–water partition coefficient (Wildman–Crippen LogP) is 3.26. The molecule has 1 rings (SSSR count). The largest absolute Gasteiger partial charge is 0.378 e. The van der Waals surface area contributed by atoms with E-state index in [1.165, 1.54) is 19.3 Å². The van der Waals surface area contributed by atoms with Crippen molar-refractivity contribution in [2.24, 2.45) is 5.41 Å². The van der Waals surface area contributed by atoms with E-state index in [1.807, 2.05) is 13.8 Å². The molecule has 18 heavy (non-hydrogen) atoms. The highest BCUT2D eigenvalue weighted by molar-refractivity contribution is 4.91. The summed E-state index contributed by atoms with van der Waals surface area (Å²) in [5.41, 5.74) is -0.157. The smallest absolute Gasteiger partial charge is 0.0683 e. The van der Waals surface area contributed by atoms with Crippen LogP contribution in [0.15, 0.2) is 0 Å². The molecule has 1 unspecified atom stereocenters. The van der Waals surface area contributed by atoms with Gasteiger partial charge in [0.05, 0.1) is 17.6 Å². The zero-order valence-corrected chi connectivity index (χ0v) is 12.0. The first kappa shape index (κ1) is 15.5. The van der Waals surface area contributed by atoms with Crippen molar-refractivity contribution in [2.45, 2.75) is 64.9 Å². The van der Waals surface area contributed by atoms with Crippen molar-refractivity contribution >= 4 is 0 Å². The number of ether oxygens (including phenoxy) is 1. The second-order valence-corrected chi connectivity index (χ2v) is 5.98. The van der Waals surface area contributed by atoms with Crippen LogP contribution in [0.2, 0.25) is 0 Å². The maximum absolute atomic E-state index is 8.90. The van der Waals surface area contributed by atoms with Gasteiger partial charge in [-0.1, -0.05) is 6.42 Å². The van der Waals surface area contributed by atoms with Gasteiger partial charge in [0.1, 0.15) is 0 Å². The topological polar surface area (TPSA) is 45.0 Å². The summed E-state index contributed by atoms with van der Waals surface area (Å²) in [6.45, 7) is 7.11. The monoisotopic (exact) mass is 252 g/mol. The first-order valence-corrected chi connectivity index (χ1v) is 7.38. The minimum absolute atomic E-state index is 0.157. The van der Waals surface area contributed by atoms with Crippen molar-refractivity contribution < 1.29 is 4.74 Å². The van der Waals surface area contributed by atoms with Gasteiger partial charge in [0.15, 0.2) is 0 Å². The summed E-state index contributed by atoms with van der Waals surface area (Å²) in [7, 11) is 0. The number of nitrogens with zero attached hydrogens (tertiary/aromatic N) is 1. The molecule has 0 aromatic heterocycles. The number of hydrogen-bond acceptors (Lipinski definition) is 3. The number of nitriles is 1. The van der Waals surface area contributed by atoms with E-state index >= 15 is 0 Å². The van der Waals surface area contributed by atoms with Gasteiger partial charge in [-0.2, -0.15) is 5.26 Å². The van der Waals surface area contributed by atoms with Crippen LogP contribution in [0.4, 0.5) is 0 Å². The van der Waals surface area contributed by atoms with E-state index in [9.17, 15) is 0 Å². The molecule has 1 aliphatic rings. The summed E-state index contributed by atoms with van der Waals surface area (Å²) in [6, 6.07) is 2.35. The average Bonchev–Trinajstić information content (AvgIpc) is 2.39. The molecule has 0 saturated carbocycles. The molecule has 3 nitrogen and oxygen atoms in total. The highest BCUT2D eigenvalue weighted by Gasteiger charge is 2.15. The molecule has 0 aromatic rings. The van der Waals surface area contributed by atoms with Crippen molar-refractivity contribution in [1.82, 2.24) is 5.32 Å². The van der Waals surface area contributed by atoms with Crippen molar-refractivity contribution in [3.63, 3.8) is 0 Å². The molecular weight excluding hydrogens is 224 g/mol. The van der Waals surface area contributed by atoms with Crippen LogP contribution in [-0.2, 0) is 4.74 Å². The van der Waals surface area contributed by atoms with E-state index < -0.39 is 0 Å². The van der Waals surface area contributed by atoms with Crippen molar-refractivity contribution in [1.29, 1.82) is 5.26 Å². The minimum atomic E-state index is -0.157. The predicted molar refractivity (Wildman–Crippen MR) is 74.3 cm³/mol. The molecule has 1 atom stereocenters. The lowest BCUT2D eigenvalue weighted by atomic mass is 9.89. The third kappa shape index (κ3) is 6.98. The number of nitrogens with one attached hydrogen (secondary N) is 1. The summed E-state index contributed by atoms with van der Waals surface area (Å²) >= 11 is 0. The second-order valence-electron chi connectivity index (χ2n) is 5.98. The van der Waals surface area contributed by atoms with Gasteiger partial charge in [-0.05, 0) is 65.5 Å². The molecular formula is C15H28N2O. The van der Waals surface area contributed by atoms with E-state index in [2.05, 4.69) is 11.4 Å². The molecule has 1 saturated heterocycles. The Balaban J connectivity index is 1.88. The van der Waals surface area contributed by atoms with Crippen LogP contribution in [0.25, 0.3) is 0 Å². The summed E-state index contributed by atoms with van der Waals surface area (Å²) in [5, 5.41) is 12.4. The lowest BCUT2D eigenvalue weighted by Gasteiger charge is -2.22. The van der Waals surface area contributed by atoms with Gasteiger partial charge in [-0.25, -0.2) is 0 Å². The molecule has 1 N–H and O–H groups in total. The molecule has 0 spiro atoms. The Bertz CT molecular complexity index is 252. The third-order valence-electron chi connectivity index (χ3n) is 3.63. The molecule has 1 aliphatic heterocycles. The first-order valence-electron chi connectivity index (χ1n) is 7.38. The lowest BCUT2D eigenvalue weighted by Crippen LogP contribution is -2.26. The van der Waals surface area contributed by atoms with Crippen molar-refractivity contribution in [2.75, 3.05) is 19.7 Å². The Labute approximate surface area is 112 Å². The second kappa shape index (κ2) is 8.50. The molecule has 1 heterocycles. The standard InChI is InChI=1S/C15H28N2O/c1-15(2,13-16)9-4-5-10-17-11-8-14-7-3-6-12-18-14/h14,17H,3-12H2,1-2H3. The van der Waals surface area contributed by atoms with Gasteiger partial charge in [0, 0.05) is 6.61 Å². The van der Waals surface area contributed by atoms with Gasteiger partial charge in [0.2, 0.25) is 0 Å². The molecule has 0 amide bonds. The highest BCUT2D eigenvalue weighted by atomic mass is 16.5. The van der Waals surface area contributed by atoms with Crippen LogP contribution in [0.3, 0.4) is 0 Å². The fourth-order valence-corrected chi connectivity index (χ4v) is 2.30. The molecule has 3 heteroatoms. The Morgan fingerprint density at radius 3 is 2.78 bits per heavy atom. The molecule has 0 radical (unpaired) electrons. The Hall–Kier alpha value is -0.590. The third-order valence-corrected chi connectivity index (χ3v) is 3.63. The fourth-order valence-electron chi connectivity index (χ4n) is 2.30. The molecule has 0 aromatic carbocycles. The fraction of sp³-hybridized carbons (Fsp3) is 0.933. The van der Waals surface area contributed by atoms with Crippen LogP contribution in [0.1, 0.15) is 58.8 Å². The molecule has 0 aliphatic carbocycles. The lowest BCUT2D eigenvalue weighted by molar-refractivity contribution is 0.0116. The van der Waals surface area contributed by atoms with Crippen LogP contribution in [0, 0.1) is 16.7 Å². The maximum Gasteiger partial charge on any atom is 0.0683 e. The molecule has 1 fully saturated rings. The highest BCUT2D eigenvalue weighted by Crippen LogP contribution is 2.21. The summed E-state index contributed by atoms with van der Waals surface area (Å²) in [5.74, 6) is 0. The molecule has 104 valence electrons. The number of hydrogen-bond donors (Lipinski definition) is 1. The van der Waals surface area contributed by atoms with E-state index in [4.69, 9.17) is 10.00 Å². The summed E-state index contributed by atoms with van der Waals surface area (Å²) < 4.78 is 5.69. The van der Waals surface area contributed by atoms with E-state index in [0.717, 1.165) is 45.4 Å². The van der Waals surface area contributed by atoms with Gasteiger partial charge in [-0.15, -0.1) is 0 Å². The minimum Gasteiger partial charge on any atom is -0.378 e. The van der Waals surface area contributed by atoms with Crippen LogP contribution in [-0.4, -0.2) is 25.8 Å². The summed E-state index contributed by atoms with van der Waals surface area (Å²) in [4.78, 5) is 0. The zero-order chi connectivity index (χ0) is 13.3. The van der Waals surface area contributed by atoms with E-state index in [1.54, 1.807) is 0 Å². The SMILES string of the molecule is CC(C)(C#N)CCCCNCCC1CCCCO1. The van der Waals surface area contributed by atoms with Crippen molar-refractivity contribution in [3.05, 3.63) is 0 Å². The van der Waals surface area contributed by atoms with Crippen LogP contribution < -0.4 is 5.32 Å². The Morgan fingerprint density at radius 1 is 1.28 bits per heavy atom. The number of unbranched alkanes of at least 4 members (excludes halogenated alkanes) is 1. The van der Waals surface area contributed by atoms with Crippen molar-refractivity contribution in [3.8, 4) is 6.07 Å². The quantitative estimate of drug-likeness (QED) is 0.674. The Morgan fingerprint density at radius 2 is 2.11 bits per heavy atom. The van der Waals surface area contributed by atoms with Crippen LogP contribution in [0.5, 0.6) is 0 Å². The summed E-state index contributed by atoms with van der Waals surface area (Å²) in [6.07, 6.45) is 8.72. The van der Waals surface area contributed by atoms with Gasteiger partial charge < -0.3 is 10.1 Å².